The van der Waals surface area contributed by atoms with Crippen LogP contribution in [0.15, 0.2) is 53.4 Å². The van der Waals surface area contributed by atoms with E-state index in [1.54, 1.807) is 6.20 Å². The van der Waals surface area contributed by atoms with Crippen LogP contribution < -0.4 is 4.74 Å². The summed E-state index contributed by atoms with van der Waals surface area (Å²) in [5, 5.41) is 0.602. The number of aromatic amines is 1. The molecule has 1 N–H and O–H groups in total. The van der Waals surface area contributed by atoms with Crippen LogP contribution in [-0.4, -0.2) is 21.6 Å². The fraction of sp³-hybridized carbons (Fsp3) is 0.158. The molecule has 0 aliphatic carbocycles. The number of aromatic nitrogens is 3. The lowest BCUT2D eigenvalue weighted by molar-refractivity contribution is 0.258. The van der Waals surface area contributed by atoms with E-state index in [-0.39, 0.29) is 5.92 Å². The van der Waals surface area contributed by atoms with E-state index in [1.807, 2.05) is 30.3 Å². The van der Waals surface area contributed by atoms with Crippen molar-refractivity contribution in [1.82, 2.24) is 15.0 Å². The second kappa shape index (κ2) is 5.63. The summed E-state index contributed by atoms with van der Waals surface area (Å²) in [5.74, 6) is 2.70. The summed E-state index contributed by atoms with van der Waals surface area (Å²) in [6.45, 7) is 0.611. The fourth-order valence-corrected chi connectivity index (χ4v) is 3.54. The predicted molar refractivity (Wildman–Crippen MR) is 95.0 cm³/mol. The Bertz CT molecular complexity index is 1060. The van der Waals surface area contributed by atoms with Crippen molar-refractivity contribution >= 4 is 22.6 Å². The van der Waals surface area contributed by atoms with Gasteiger partial charge in [0.15, 0.2) is 12.2 Å². The molecule has 1 aliphatic rings. The molecule has 2 aromatic carbocycles. The van der Waals surface area contributed by atoms with E-state index in [9.17, 15) is 0 Å². The first kappa shape index (κ1) is 14.5. The van der Waals surface area contributed by atoms with Crippen LogP contribution in [0.1, 0.15) is 17.3 Å². The van der Waals surface area contributed by atoms with E-state index in [0.717, 1.165) is 34.6 Å². The first-order valence-electron chi connectivity index (χ1n) is 8.06. The van der Waals surface area contributed by atoms with E-state index >= 15 is 0 Å². The van der Waals surface area contributed by atoms with Gasteiger partial charge in [0.05, 0.1) is 34.8 Å². The summed E-state index contributed by atoms with van der Waals surface area (Å²) in [6.07, 6.45) is 3.94. The van der Waals surface area contributed by atoms with Crippen molar-refractivity contribution in [2.24, 2.45) is 0 Å². The van der Waals surface area contributed by atoms with Crippen LogP contribution in [0, 0.1) is 0 Å². The van der Waals surface area contributed by atoms with E-state index in [4.69, 9.17) is 25.7 Å². The molecule has 6 heteroatoms. The Balaban J connectivity index is 1.53. The third kappa shape index (κ3) is 2.48. The van der Waals surface area contributed by atoms with Gasteiger partial charge in [-0.1, -0.05) is 29.8 Å². The van der Waals surface area contributed by atoms with Crippen molar-refractivity contribution in [3.63, 3.8) is 0 Å². The van der Waals surface area contributed by atoms with Crippen molar-refractivity contribution in [1.29, 1.82) is 0 Å². The number of halogens is 1. The highest BCUT2D eigenvalue weighted by Gasteiger charge is 2.24. The van der Waals surface area contributed by atoms with Gasteiger partial charge in [0.2, 0.25) is 0 Å². The van der Waals surface area contributed by atoms with Gasteiger partial charge in [-0.05, 0) is 30.2 Å². The number of nitrogens with one attached hydrogen (secondary N) is 1. The zero-order valence-corrected chi connectivity index (χ0v) is 14.0. The molecule has 0 bridgehead atoms. The molecule has 4 aromatic rings. The number of H-pyrrole nitrogens is 1. The first-order chi connectivity index (χ1) is 12.3. The molecule has 2 aromatic heterocycles. The zero-order valence-electron chi connectivity index (χ0n) is 13.2. The maximum atomic E-state index is 6.40. The number of nitrogens with zero attached hydrogens (tertiary/aromatic N) is 2. The maximum absolute atomic E-state index is 6.40. The van der Waals surface area contributed by atoms with Gasteiger partial charge in [-0.15, -0.1) is 0 Å². The monoisotopic (exact) mass is 351 g/mol. The van der Waals surface area contributed by atoms with Crippen LogP contribution in [-0.2, 0) is 6.42 Å². The number of imidazole rings is 1. The molecule has 25 heavy (non-hydrogen) atoms. The van der Waals surface area contributed by atoms with Gasteiger partial charge < -0.3 is 14.1 Å². The van der Waals surface area contributed by atoms with Gasteiger partial charge in [-0.3, -0.25) is 0 Å². The average Bonchev–Trinajstić information content (AvgIpc) is 3.30. The quantitative estimate of drug-likeness (QED) is 0.573. The molecule has 0 saturated carbocycles. The SMILES string of the molecule is Clc1cc2[nH]c(C3COc4ccccc4C3)nc2cc1-c1cnco1. The van der Waals surface area contributed by atoms with Crippen LogP contribution in [0.5, 0.6) is 5.75 Å². The number of hydrogen-bond acceptors (Lipinski definition) is 4. The van der Waals surface area contributed by atoms with Crippen molar-refractivity contribution in [2.45, 2.75) is 12.3 Å². The molecule has 5 nitrogen and oxygen atoms in total. The molecule has 3 heterocycles. The Kier molecular flexibility index (Phi) is 3.28. The summed E-state index contributed by atoms with van der Waals surface area (Å²) in [5.41, 5.74) is 3.75. The highest BCUT2D eigenvalue weighted by molar-refractivity contribution is 6.34. The minimum Gasteiger partial charge on any atom is -0.493 e. The summed E-state index contributed by atoms with van der Waals surface area (Å²) >= 11 is 6.40. The van der Waals surface area contributed by atoms with E-state index in [1.165, 1.54) is 12.0 Å². The first-order valence-corrected chi connectivity index (χ1v) is 8.44. The van der Waals surface area contributed by atoms with Crippen molar-refractivity contribution < 1.29 is 9.15 Å². The number of hydrogen-bond donors (Lipinski definition) is 1. The highest BCUT2D eigenvalue weighted by Crippen LogP contribution is 2.34. The van der Waals surface area contributed by atoms with Gasteiger partial charge in [-0.25, -0.2) is 9.97 Å². The van der Waals surface area contributed by atoms with Crippen LogP contribution in [0.4, 0.5) is 0 Å². The summed E-state index contributed by atoms with van der Waals surface area (Å²) in [7, 11) is 0. The minimum atomic E-state index is 0.190. The topological polar surface area (TPSA) is 63.9 Å². The van der Waals surface area contributed by atoms with Gasteiger partial charge >= 0.3 is 0 Å². The Morgan fingerprint density at radius 2 is 2.12 bits per heavy atom. The number of oxazole rings is 1. The molecule has 1 unspecified atom stereocenters. The standard InChI is InChI=1S/C19H14ClN3O2/c20-14-7-16-15(6-13(14)18-8-21-10-25-18)22-19(23-16)12-5-11-3-1-2-4-17(11)24-9-12/h1-4,6-8,10,12H,5,9H2,(H,22,23). The molecule has 0 spiro atoms. The Hall–Kier alpha value is -2.79. The third-order valence-corrected chi connectivity index (χ3v) is 4.87. The number of benzene rings is 2. The van der Waals surface area contributed by atoms with E-state index < -0.39 is 0 Å². The molecule has 0 radical (unpaired) electrons. The largest absolute Gasteiger partial charge is 0.493 e. The number of para-hydroxylation sites is 1. The molecule has 0 amide bonds. The molecule has 1 atom stereocenters. The van der Waals surface area contributed by atoms with Crippen molar-refractivity contribution in [3.05, 3.63) is 65.4 Å². The van der Waals surface area contributed by atoms with Gasteiger partial charge in [-0.2, -0.15) is 0 Å². The normalized spacial score (nSPS) is 16.6. The smallest absolute Gasteiger partial charge is 0.181 e. The maximum Gasteiger partial charge on any atom is 0.181 e. The molecule has 5 rings (SSSR count). The summed E-state index contributed by atoms with van der Waals surface area (Å²) in [6, 6.07) is 11.9. The van der Waals surface area contributed by atoms with Crippen LogP contribution >= 0.6 is 11.6 Å². The molecule has 0 fully saturated rings. The number of ether oxygens (including phenoxy) is 1. The van der Waals surface area contributed by atoms with E-state index in [2.05, 4.69) is 16.0 Å². The predicted octanol–water partition coefficient (Wildman–Crippen LogP) is 4.59. The highest BCUT2D eigenvalue weighted by atomic mass is 35.5. The molecule has 1 aliphatic heterocycles. The average molecular weight is 352 g/mol. The molecule has 124 valence electrons. The Morgan fingerprint density at radius 1 is 1.20 bits per heavy atom. The fourth-order valence-electron chi connectivity index (χ4n) is 3.28. The lowest BCUT2D eigenvalue weighted by Crippen LogP contribution is -2.20. The molecular weight excluding hydrogens is 338 g/mol. The second-order valence-electron chi connectivity index (χ2n) is 6.16. The Labute approximate surface area is 148 Å². The summed E-state index contributed by atoms with van der Waals surface area (Å²) < 4.78 is 11.2. The van der Waals surface area contributed by atoms with Gasteiger partial charge in [0.1, 0.15) is 11.6 Å². The third-order valence-electron chi connectivity index (χ3n) is 4.55. The van der Waals surface area contributed by atoms with Crippen LogP contribution in [0.25, 0.3) is 22.4 Å². The van der Waals surface area contributed by atoms with E-state index in [0.29, 0.717) is 17.4 Å². The Morgan fingerprint density at radius 3 is 3.00 bits per heavy atom. The van der Waals surface area contributed by atoms with Crippen LogP contribution in [0.3, 0.4) is 0 Å². The van der Waals surface area contributed by atoms with Gasteiger partial charge in [0.25, 0.3) is 0 Å². The number of fused-ring (bicyclic) bond motifs is 2. The van der Waals surface area contributed by atoms with Crippen molar-refractivity contribution in [3.8, 4) is 17.1 Å². The minimum absolute atomic E-state index is 0.190. The zero-order chi connectivity index (χ0) is 16.8. The lowest BCUT2D eigenvalue weighted by atomic mass is 9.96. The molecular formula is C19H14ClN3O2. The van der Waals surface area contributed by atoms with Crippen LogP contribution in [0.2, 0.25) is 5.02 Å². The van der Waals surface area contributed by atoms with Gasteiger partial charge in [0, 0.05) is 5.56 Å². The van der Waals surface area contributed by atoms with Crippen molar-refractivity contribution in [2.75, 3.05) is 6.61 Å². The number of rotatable bonds is 2. The molecule has 0 saturated heterocycles. The summed E-state index contributed by atoms with van der Waals surface area (Å²) in [4.78, 5) is 12.1. The lowest BCUT2D eigenvalue weighted by Gasteiger charge is -2.23. The second-order valence-corrected chi connectivity index (χ2v) is 6.56.